The van der Waals surface area contributed by atoms with E-state index in [0.29, 0.717) is 11.7 Å². The molecule has 1 N–H and O–H groups in total. The van der Waals surface area contributed by atoms with E-state index in [9.17, 15) is 5.11 Å². The summed E-state index contributed by atoms with van der Waals surface area (Å²) in [4.78, 5) is 2.35. The molecular formula is C15H25NO2. The molecule has 0 radical (unpaired) electrons. The van der Waals surface area contributed by atoms with Gasteiger partial charge in [-0.3, -0.25) is 4.90 Å². The molecule has 1 atom stereocenters. The van der Waals surface area contributed by atoms with Gasteiger partial charge < -0.3 is 9.84 Å². The third-order valence-corrected chi connectivity index (χ3v) is 3.39. The minimum absolute atomic E-state index is 0.346. The number of hydrogen-bond donors (Lipinski definition) is 1. The van der Waals surface area contributed by atoms with Crippen molar-refractivity contribution < 1.29 is 9.84 Å². The van der Waals surface area contributed by atoms with E-state index in [4.69, 9.17) is 4.74 Å². The lowest BCUT2D eigenvalue weighted by atomic mass is 10.1. The molecule has 0 bridgehead atoms. The normalized spacial score (nSPS) is 12.7. The third-order valence-electron chi connectivity index (χ3n) is 3.39. The number of benzene rings is 1. The minimum atomic E-state index is 0.346. The predicted octanol–water partition coefficient (Wildman–Crippen LogP) is 3.27. The summed E-state index contributed by atoms with van der Waals surface area (Å²) in [5.41, 5.74) is 0.930. The van der Waals surface area contributed by atoms with Crippen LogP contribution in [0.4, 0.5) is 0 Å². The Morgan fingerprint density at radius 1 is 1.33 bits per heavy atom. The first kappa shape index (κ1) is 14.8. The molecule has 0 aliphatic heterocycles. The zero-order chi connectivity index (χ0) is 13.5. The Kier molecular flexibility index (Phi) is 5.99. The Balaban J connectivity index is 2.74. The molecule has 0 aromatic heterocycles. The van der Waals surface area contributed by atoms with Crippen molar-refractivity contribution in [2.75, 3.05) is 20.2 Å². The van der Waals surface area contributed by atoms with Crippen LogP contribution < -0.4 is 4.74 Å². The predicted molar refractivity (Wildman–Crippen MR) is 75.1 cm³/mol. The summed E-state index contributed by atoms with van der Waals surface area (Å²) in [6.45, 7) is 9.43. The first-order valence-electron chi connectivity index (χ1n) is 6.68. The van der Waals surface area contributed by atoms with Crippen LogP contribution in [0.3, 0.4) is 0 Å². The van der Waals surface area contributed by atoms with Crippen molar-refractivity contribution in [2.45, 2.75) is 33.7 Å². The SMILES string of the molecule is CCC(C)CN(CC)Cc1cc(OC)ccc1O. The summed E-state index contributed by atoms with van der Waals surface area (Å²) in [5, 5.41) is 9.88. The monoisotopic (exact) mass is 251 g/mol. The van der Waals surface area contributed by atoms with Crippen molar-refractivity contribution in [1.29, 1.82) is 0 Å². The topological polar surface area (TPSA) is 32.7 Å². The summed E-state index contributed by atoms with van der Waals surface area (Å²) in [6, 6.07) is 5.39. The Labute approximate surface area is 110 Å². The van der Waals surface area contributed by atoms with Crippen LogP contribution >= 0.6 is 0 Å². The maximum absolute atomic E-state index is 9.88. The van der Waals surface area contributed by atoms with Crippen molar-refractivity contribution in [3.05, 3.63) is 23.8 Å². The molecule has 18 heavy (non-hydrogen) atoms. The molecule has 1 rings (SSSR count). The van der Waals surface area contributed by atoms with Gasteiger partial charge in [0.2, 0.25) is 0 Å². The lowest BCUT2D eigenvalue weighted by Gasteiger charge is -2.24. The Morgan fingerprint density at radius 2 is 2.06 bits per heavy atom. The highest BCUT2D eigenvalue weighted by atomic mass is 16.5. The summed E-state index contributed by atoms with van der Waals surface area (Å²) in [5.74, 6) is 1.82. The second-order valence-electron chi connectivity index (χ2n) is 4.84. The van der Waals surface area contributed by atoms with Gasteiger partial charge in [-0.2, -0.15) is 0 Å². The maximum Gasteiger partial charge on any atom is 0.120 e. The molecule has 1 aromatic carbocycles. The van der Waals surface area contributed by atoms with E-state index in [1.54, 1.807) is 19.2 Å². The fraction of sp³-hybridized carbons (Fsp3) is 0.600. The van der Waals surface area contributed by atoms with E-state index in [0.717, 1.165) is 30.9 Å². The van der Waals surface area contributed by atoms with Crippen LogP contribution in [0.2, 0.25) is 0 Å². The highest BCUT2D eigenvalue weighted by molar-refractivity contribution is 5.39. The van der Waals surface area contributed by atoms with Crippen LogP contribution in [0.1, 0.15) is 32.8 Å². The molecule has 0 aliphatic rings. The fourth-order valence-corrected chi connectivity index (χ4v) is 1.93. The van der Waals surface area contributed by atoms with Gasteiger partial charge in [-0.15, -0.1) is 0 Å². The first-order valence-corrected chi connectivity index (χ1v) is 6.68. The van der Waals surface area contributed by atoms with Gasteiger partial charge >= 0.3 is 0 Å². The van der Waals surface area contributed by atoms with Gasteiger partial charge in [0.1, 0.15) is 11.5 Å². The van der Waals surface area contributed by atoms with Gasteiger partial charge in [0.15, 0.2) is 0 Å². The molecule has 3 heteroatoms. The number of nitrogens with zero attached hydrogens (tertiary/aromatic N) is 1. The second kappa shape index (κ2) is 7.27. The number of hydrogen-bond acceptors (Lipinski definition) is 3. The summed E-state index contributed by atoms with van der Waals surface area (Å²) >= 11 is 0. The largest absolute Gasteiger partial charge is 0.508 e. The highest BCUT2D eigenvalue weighted by Crippen LogP contribution is 2.24. The molecule has 0 heterocycles. The van der Waals surface area contributed by atoms with Crippen LogP contribution in [0.25, 0.3) is 0 Å². The van der Waals surface area contributed by atoms with Crippen LogP contribution in [-0.2, 0) is 6.54 Å². The van der Waals surface area contributed by atoms with Crippen molar-refractivity contribution in [2.24, 2.45) is 5.92 Å². The van der Waals surface area contributed by atoms with Crippen molar-refractivity contribution in [3.8, 4) is 11.5 Å². The zero-order valence-corrected chi connectivity index (χ0v) is 11.9. The third kappa shape index (κ3) is 4.22. The molecule has 102 valence electrons. The Morgan fingerprint density at radius 3 is 2.61 bits per heavy atom. The number of rotatable bonds is 7. The molecule has 0 saturated heterocycles. The number of aromatic hydroxyl groups is 1. The zero-order valence-electron chi connectivity index (χ0n) is 11.9. The van der Waals surface area contributed by atoms with Crippen molar-refractivity contribution in [3.63, 3.8) is 0 Å². The number of phenols is 1. The fourth-order valence-electron chi connectivity index (χ4n) is 1.93. The maximum atomic E-state index is 9.88. The molecule has 1 unspecified atom stereocenters. The molecule has 0 fully saturated rings. The van der Waals surface area contributed by atoms with Gasteiger partial charge in [-0.1, -0.05) is 27.2 Å². The van der Waals surface area contributed by atoms with Gasteiger partial charge in [0.25, 0.3) is 0 Å². The Hall–Kier alpha value is -1.22. The molecule has 0 saturated carbocycles. The van der Waals surface area contributed by atoms with Crippen molar-refractivity contribution in [1.82, 2.24) is 4.90 Å². The smallest absolute Gasteiger partial charge is 0.120 e. The standard InChI is InChI=1S/C15H25NO2/c1-5-12(3)10-16(6-2)11-13-9-14(18-4)7-8-15(13)17/h7-9,12,17H,5-6,10-11H2,1-4H3. The molecule has 3 nitrogen and oxygen atoms in total. The lowest BCUT2D eigenvalue weighted by molar-refractivity contribution is 0.235. The van der Waals surface area contributed by atoms with E-state index in [-0.39, 0.29) is 0 Å². The second-order valence-corrected chi connectivity index (χ2v) is 4.84. The quantitative estimate of drug-likeness (QED) is 0.807. The summed E-state index contributed by atoms with van der Waals surface area (Å²) in [6.07, 6.45) is 1.18. The Bertz CT molecular complexity index is 366. The molecular weight excluding hydrogens is 226 g/mol. The molecule has 0 aliphatic carbocycles. The van der Waals surface area contributed by atoms with Crippen LogP contribution in [0.5, 0.6) is 11.5 Å². The average molecular weight is 251 g/mol. The number of ether oxygens (including phenoxy) is 1. The molecule has 0 amide bonds. The van der Waals surface area contributed by atoms with Gasteiger partial charge in [0.05, 0.1) is 7.11 Å². The number of methoxy groups -OCH3 is 1. The van der Waals surface area contributed by atoms with E-state index in [2.05, 4.69) is 25.7 Å². The van der Waals surface area contributed by atoms with E-state index in [1.165, 1.54) is 6.42 Å². The molecule has 1 aromatic rings. The molecule has 0 spiro atoms. The van der Waals surface area contributed by atoms with Crippen LogP contribution in [0.15, 0.2) is 18.2 Å². The van der Waals surface area contributed by atoms with E-state index >= 15 is 0 Å². The van der Waals surface area contributed by atoms with Gasteiger partial charge in [0, 0.05) is 18.7 Å². The van der Waals surface area contributed by atoms with E-state index < -0.39 is 0 Å². The van der Waals surface area contributed by atoms with Gasteiger partial charge in [-0.05, 0) is 30.7 Å². The number of phenolic OH excluding ortho intramolecular Hbond substituents is 1. The first-order chi connectivity index (χ1) is 8.60. The summed E-state index contributed by atoms with van der Waals surface area (Å²) in [7, 11) is 1.65. The average Bonchev–Trinajstić information content (AvgIpc) is 2.39. The highest BCUT2D eigenvalue weighted by Gasteiger charge is 2.11. The van der Waals surface area contributed by atoms with Gasteiger partial charge in [-0.25, -0.2) is 0 Å². The van der Waals surface area contributed by atoms with E-state index in [1.807, 2.05) is 6.07 Å². The summed E-state index contributed by atoms with van der Waals surface area (Å²) < 4.78 is 5.20. The van der Waals surface area contributed by atoms with Crippen molar-refractivity contribution >= 4 is 0 Å². The minimum Gasteiger partial charge on any atom is -0.508 e. The van der Waals surface area contributed by atoms with Crippen LogP contribution in [-0.4, -0.2) is 30.2 Å². The van der Waals surface area contributed by atoms with Crippen LogP contribution in [0, 0.1) is 5.92 Å². The lowest BCUT2D eigenvalue weighted by Crippen LogP contribution is -2.27.